The molecular weight excluding hydrogens is 384 g/mol. The minimum absolute atomic E-state index is 0.0940. The van der Waals surface area contributed by atoms with Crippen molar-refractivity contribution in [3.63, 3.8) is 0 Å². The zero-order valence-corrected chi connectivity index (χ0v) is 17.7. The summed E-state index contributed by atoms with van der Waals surface area (Å²) in [5, 5.41) is 10.7. The van der Waals surface area contributed by atoms with Gasteiger partial charge in [0.2, 0.25) is 0 Å². The lowest BCUT2D eigenvalue weighted by Gasteiger charge is -2.12. The highest BCUT2D eigenvalue weighted by molar-refractivity contribution is 5.92. The average molecular weight is 411 g/mol. The molecule has 4 heteroatoms. The Morgan fingerprint density at radius 3 is 2.32 bits per heavy atom. The highest BCUT2D eigenvalue weighted by Gasteiger charge is 2.13. The quantitative estimate of drug-likeness (QED) is 0.409. The van der Waals surface area contributed by atoms with Gasteiger partial charge in [-0.15, -0.1) is 0 Å². The lowest BCUT2D eigenvalue weighted by Crippen LogP contribution is -2.10. The predicted octanol–water partition coefficient (Wildman–Crippen LogP) is 5.63. The van der Waals surface area contributed by atoms with E-state index in [0.29, 0.717) is 19.3 Å². The minimum atomic E-state index is -0.414. The predicted molar refractivity (Wildman–Crippen MR) is 125 cm³/mol. The molecule has 1 unspecified atom stereocenters. The number of carbonyl (C=O) groups excluding carboxylic acids is 1. The first-order valence-corrected chi connectivity index (χ1v) is 10.7. The van der Waals surface area contributed by atoms with Crippen LogP contribution in [0.5, 0.6) is 0 Å². The molecule has 4 rings (SSSR count). The summed E-state index contributed by atoms with van der Waals surface area (Å²) in [6.45, 7) is 1.92. The number of aliphatic hydroxyl groups excluding tert-OH is 1. The maximum atomic E-state index is 12.3. The Hall–Kier alpha value is -3.37. The molecule has 0 radical (unpaired) electrons. The van der Waals surface area contributed by atoms with Gasteiger partial charge < -0.3 is 5.11 Å². The van der Waals surface area contributed by atoms with E-state index in [1.54, 1.807) is 6.20 Å². The largest absolute Gasteiger partial charge is 0.393 e. The number of pyridine rings is 2. The summed E-state index contributed by atoms with van der Waals surface area (Å²) < 4.78 is 0. The van der Waals surface area contributed by atoms with E-state index in [4.69, 9.17) is 4.98 Å². The van der Waals surface area contributed by atoms with Gasteiger partial charge in [0.25, 0.3) is 0 Å². The van der Waals surface area contributed by atoms with E-state index in [1.165, 1.54) is 0 Å². The highest BCUT2D eigenvalue weighted by Crippen LogP contribution is 2.33. The molecule has 0 aliphatic rings. The van der Waals surface area contributed by atoms with Crippen molar-refractivity contribution < 1.29 is 9.90 Å². The summed E-state index contributed by atoms with van der Waals surface area (Å²) >= 11 is 0. The van der Waals surface area contributed by atoms with E-state index in [9.17, 15) is 9.90 Å². The van der Waals surface area contributed by atoms with E-state index in [-0.39, 0.29) is 12.2 Å². The second-order valence-corrected chi connectivity index (χ2v) is 7.80. The number of fused-ring (bicyclic) bond motifs is 1. The summed E-state index contributed by atoms with van der Waals surface area (Å²) in [6.07, 6.45) is 3.15. The van der Waals surface area contributed by atoms with Gasteiger partial charge in [0.1, 0.15) is 5.78 Å². The molecule has 0 aliphatic carbocycles. The monoisotopic (exact) mass is 410 g/mol. The number of hydrogen-bond acceptors (Lipinski definition) is 4. The maximum Gasteiger partial charge on any atom is 0.138 e. The molecule has 0 aliphatic heterocycles. The van der Waals surface area contributed by atoms with Crippen molar-refractivity contribution in [3.8, 4) is 22.4 Å². The van der Waals surface area contributed by atoms with Crippen molar-refractivity contribution in [2.45, 2.75) is 38.7 Å². The zero-order valence-electron chi connectivity index (χ0n) is 17.7. The number of Topliss-reactive ketones (excluding diaryl/α,β-unsaturated/α-hetero) is 1. The van der Waals surface area contributed by atoms with Crippen molar-refractivity contribution in [3.05, 3.63) is 84.7 Å². The van der Waals surface area contributed by atoms with Crippen LogP contribution in [-0.4, -0.2) is 27.0 Å². The van der Waals surface area contributed by atoms with Gasteiger partial charge in [-0.05, 0) is 30.5 Å². The number of hydrogen-bond donors (Lipinski definition) is 1. The van der Waals surface area contributed by atoms with E-state index >= 15 is 0 Å². The first kappa shape index (κ1) is 20.9. The van der Waals surface area contributed by atoms with Crippen molar-refractivity contribution >= 4 is 16.7 Å². The molecule has 31 heavy (non-hydrogen) atoms. The van der Waals surface area contributed by atoms with Gasteiger partial charge >= 0.3 is 0 Å². The average Bonchev–Trinajstić information content (AvgIpc) is 2.82. The zero-order chi connectivity index (χ0) is 21.6. The molecule has 0 saturated heterocycles. The number of nitrogens with zero attached hydrogens (tertiary/aromatic N) is 2. The van der Waals surface area contributed by atoms with Gasteiger partial charge in [0.15, 0.2) is 0 Å². The standard InChI is InChI=1S/C27H26N2O2/c1-2-23(30)13-14-24(31)17-22-15-21-16-25(19-9-5-3-6-10-19)27(29-26(21)18-28-22)20-11-7-4-8-12-20/h3-12,15-16,18,23,30H,2,13-14,17H2,1H3. The number of benzene rings is 2. The number of ketones is 1. The maximum absolute atomic E-state index is 12.3. The summed E-state index contributed by atoms with van der Waals surface area (Å²) in [6, 6.07) is 24.5. The van der Waals surface area contributed by atoms with Gasteiger partial charge in [-0.2, -0.15) is 0 Å². The molecule has 1 atom stereocenters. The molecule has 0 saturated carbocycles. The Morgan fingerprint density at radius 2 is 1.65 bits per heavy atom. The number of carbonyl (C=O) groups is 1. The lowest BCUT2D eigenvalue weighted by atomic mass is 9.97. The molecule has 156 valence electrons. The summed E-state index contributed by atoms with van der Waals surface area (Å²) in [5.74, 6) is 0.0940. The van der Waals surface area contributed by atoms with E-state index < -0.39 is 6.10 Å². The van der Waals surface area contributed by atoms with E-state index in [0.717, 1.165) is 39.0 Å². The SMILES string of the molecule is CCC(O)CCC(=O)Cc1cc2cc(-c3ccccc3)c(-c3ccccc3)nc2cn1. The number of aliphatic hydroxyl groups is 1. The van der Waals surface area contributed by atoms with E-state index in [2.05, 4.69) is 35.3 Å². The first-order chi connectivity index (χ1) is 15.1. The van der Waals surface area contributed by atoms with Crippen LogP contribution in [0.4, 0.5) is 0 Å². The van der Waals surface area contributed by atoms with Gasteiger partial charge in [0, 0.05) is 35.0 Å². The van der Waals surface area contributed by atoms with Crippen molar-refractivity contribution in [1.82, 2.24) is 9.97 Å². The molecule has 1 N–H and O–H groups in total. The molecule has 2 aromatic carbocycles. The van der Waals surface area contributed by atoms with Crippen LogP contribution in [0.15, 0.2) is 79.0 Å². The Kier molecular flexibility index (Phi) is 6.48. The molecule has 0 amide bonds. The van der Waals surface area contributed by atoms with Crippen LogP contribution >= 0.6 is 0 Å². The lowest BCUT2D eigenvalue weighted by molar-refractivity contribution is -0.119. The number of rotatable bonds is 8. The van der Waals surface area contributed by atoms with E-state index in [1.807, 2.05) is 49.4 Å². The van der Waals surface area contributed by atoms with Crippen LogP contribution in [0, 0.1) is 0 Å². The minimum Gasteiger partial charge on any atom is -0.393 e. The van der Waals surface area contributed by atoms with Gasteiger partial charge in [-0.1, -0.05) is 67.6 Å². The Morgan fingerprint density at radius 1 is 0.968 bits per heavy atom. The molecule has 2 heterocycles. The van der Waals surface area contributed by atoms with Crippen LogP contribution in [0.25, 0.3) is 33.3 Å². The van der Waals surface area contributed by atoms with Gasteiger partial charge in [0.05, 0.1) is 23.5 Å². The second kappa shape index (κ2) is 9.63. The molecule has 4 aromatic rings. The third-order valence-corrected chi connectivity index (χ3v) is 5.50. The van der Waals surface area contributed by atoms with Crippen LogP contribution in [0.1, 0.15) is 31.9 Å². The molecule has 0 bridgehead atoms. The van der Waals surface area contributed by atoms with Crippen LogP contribution in [0.3, 0.4) is 0 Å². The fourth-order valence-corrected chi connectivity index (χ4v) is 3.70. The smallest absolute Gasteiger partial charge is 0.138 e. The van der Waals surface area contributed by atoms with Crippen LogP contribution in [0.2, 0.25) is 0 Å². The van der Waals surface area contributed by atoms with Crippen LogP contribution < -0.4 is 0 Å². The second-order valence-electron chi connectivity index (χ2n) is 7.80. The summed E-state index contributed by atoms with van der Waals surface area (Å²) in [5.41, 5.74) is 5.65. The third-order valence-electron chi connectivity index (χ3n) is 5.50. The molecule has 4 nitrogen and oxygen atoms in total. The summed E-state index contributed by atoms with van der Waals surface area (Å²) in [7, 11) is 0. The Balaban J connectivity index is 1.70. The van der Waals surface area contributed by atoms with Gasteiger partial charge in [-0.25, -0.2) is 4.98 Å². The van der Waals surface area contributed by atoms with Crippen LogP contribution in [-0.2, 0) is 11.2 Å². The number of aromatic nitrogens is 2. The molecule has 0 spiro atoms. The molecular formula is C27H26N2O2. The Bertz CT molecular complexity index is 1170. The molecule has 0 fully saturated rings. The molecule has 2 aromatic heterocycles. The Labute approximate surface area is 182 Å². The first-order valence-electron chi connectivity index (χ1n) is 10.7. The van der Waals surface area contributed by atoms with Crippen molar-refractivity contribution in [2.24, 2.45) is 0 Å². The fraction of sp³-hybridized carbons (Fsp3) is 0.222. The van der Waals surface area contributed by atoms with Crippen molar-refractivity contribution in [2.75, 3.05) is 0 Å². The fourth-order valence-electron chi connectivity index (χ4n) is 3.70. The topological polar surface area (TPSA) is 63.1 Å². The van der Waals surface area contributed by atoms with Crippen molar-refractivity contribution in [1.29, 1.82) is 0 Å². The van der Waals surface area contributed by atoms with Gasteiger partial charge in [-0.3, -0.25) is 9.78 Å². The normalized spacial score (nSPS) is 12.1. The summed E-state index contributed by atoms with van der Waals surface area (Å²) in [4.78, 5) is 21.7. The highest BCUT2D eigenvalue weighted by atomic mass is 16.3. The third kappa shape index (κ3) is 5.04.